The molecule has 0 bridgehead atoms. The van der Waals surface area contributed by atoms with Gasteiger partial charge in [0.1, 0.15) is 0 Å². The molecule has 0 aromatic carbocycles. The van der Waals surface area contributed by atoms with Crippen LogP contribution in [0.15, 0.2) is 0 Å². The average Bonchev–Trinajstić information content (AvgIpc) is 2.80. The smallest absolute Gasteiger partial charge is 0.280 e. The van der Waals surface area contributed by atoms with Crippen LogP contribution < -0.4 is 4.72 Å². The van der Waals surface area contributed by atoms with Gasteiger partial charge in [-0.25, -0.2) is 0 Å². The zero-order valence-corrected chi connectivity index (χ0v) is 12.9. The largest absolute Gasteiger partial charge is 0.393 e. The van der Waals surface area contributed by atoms with Crippen molar-refractivity contribution in [3.05, 3.63) is 0 Å². The lowest BCUT2D eigenvalue weighted by Gasteiger charge is -2.33. The summed E-state index contributed by atoms with van der Waals surface area (Å²) >= 11 is 0. The van der Waals surface area contributed by atoms with Crippen molar-refractivity contribution >= 4 is 10.2 Å². The van der Waals surface area contributed by atoms with E-state index in [1.807, 2.05) is 20.8 Å². The molecule has 1 saturated carbocycles. The van der Waals surface area contributed by atoms with Crippen LogP contribution in [0, 0.1) is 5.92 Å². The van der Waals surface area contributed by atoms with E-state index in [4.69, 9.17) is 0 Å². The van der Waals surface area contributed by atoms with Crippen LogP contribution in [0.1, 0.15) is 52.9 Å². The van der Waals surface area contributed by atoms with Crippen molar-refractivity contribution in [3.8, 4) is 0 Å². The fourth-order valence-electron chi connectivity index (χ4n) is 3.36. The van der Waals surface area contributed by atoms with Gasteiger partial charge in [0.2, 0.25) is 0 Å². The molecule has 1 aliphatic heterocycles. The van der Waals surface area contributed by atoms with Gasteiger partial charge >= 0.3 is 0 Å². The van der Waals surface area contributed by atoms with Crippen molar-refractivity contribution in [1.29, 1.82) is 0 Å². The molecule has 0 aromatic heterocycles. The zero-order valence-electron chi connectivity index (χ0n) is 12.1. The highest BCUT2D eigenvalue weighted by molar-refractivity contribution is 7.87. The zero-order chi connectivity index (χ0) is 14.3. The molecule has 2 rings (SSSR count). The van der Waals surface area contributed by atoms with Gasteiger partial charge < -0.3 is 5.11 Å². The quantitative estimate of drug-likeness (QED) is 0.822. The Labute approximate surface area is 116 Å². The lowest BCUT2D eigenvalue weighted by molar-refractivity contribution is 0.0970. The molecule has 3 atom stereocenters. The van der Waals surface area contributed by atoms with Gasteiger partial charge in [-0.3, -0.25) is 0 Å². The predicted molar refractivity (Wildman–Crippen MR) is 74.9 cm³/mol. The van der Waals surface area contributed by atoms with Gasteiger partial charge in [0.15, 0.2) is 0 Å². The molecule has 6 heteroatoms. The van der Waals surface area contributed by atoms with Crippen LogP contribution in [-0.2, 0) is 10.2 Å². The molecule has 5 nitrogen and oxygen atoms in total. The van der Waals surface area contributed by atoms with Gasteiger partial charge in [-0.2, -0.15) is 17.4 Å². The SMILES string of the molecule is CC(C)(C)NS(=O)(=O)N1CCCC1C1CCCC1O. The van der Waals surface area contributed by atoms with Gasteiger partial charge in [-0.15, -0.1) is 0 Å². The normalized spacial score (nSPS) is 34.0. The van der Waals surface area contributed by atoms with Crippen molar-refractivity contribution in [2.24, 2.45) is 5.92 Å². The maximum absolute atomic E-state index is 12.5. The van der Waals surface area contributed by atoms with Crippen LogP contribution in [0.4, 0.5) is 0 Å². The van der Waals surface area contributed by atoms with E-state index < -0.39 is 15.7 Å². The number of nitrogens with zero attached hydrogens (tertiary/aromatic N) is 1. The van der Waals surface area contributed by atoms with Crippen LogP contribution in [0.2, 0.25) is 0 Å². The van der Waals surface area contributed by atoms with Crippen LogP contribution in [-0.4, -0.2) is 42.1 Å². The molecule has 1 heterocycles. The second kappa shape index (κ2) is 5.31. The summed E-state index contributed by atoms with van der Waals surface area (Å²) in [5.74, 6) is 0.110. The van der Waals surface area contributed by atoms with E-state index in [1.54, 1.807) is 4.31 Å². The third-order valence-corrected chi connectivity index (χ3v) is 5.96. The van der Waals surface area contributed by atoms with Crippen LogP contribution >= 0.6 is 0 Å². The summed E-state index contributed by atoms with van der Waals surface area (Å²) in [4.78, 5) is 0. The van der Waals surface area contributed by atoms with E-state index in [0.29, 0.717) is 6.54 Å². The van der Waals surface area contributed by atoms with E-state index in [2.05, 4.69) is 4.72 Å². The molecule has 112 valence electrons. The molecule has 2 aliphatic rings. The molecule has 1 aliphatic carbocycles. The highest BCUT2D eigenvalue weighted by atomic mass is 32.2. The second-order valence-corrected chi connectivity index (χ2v) is 8.46. The topological polar surface area (TPSA) is 69.6 Å². The summed E-state index contributed by atoms with van der Waals surface area (Å²) in [7, 11) is -3.46. The van der Waals surface area contributed by atoms with Crippen molar-refractivity contribution in [3.63, 3.8) is 0 Å². The van der Waals surface area contributed by atoms with Crippen molar-refractivity contribution in [2.75, 3.05) is 6.54 Å². The summed E-state index contributed by atoms with van der Waals surface area (Å²) in [6.07, 6.45) is 4.17. The van der Waals surface area contributed by atoms with Gasteiger partial charge in [0, 0.05) is 24.0 Å². The standard InChI is InChI=1S/C13H26N2O3S/c1-13(2,3)14-19(17,18)15-9-5-7-11(15)10-6-4-8-12(10)16/h10-12,14,16H,4-9H2,1-3H3. The summed E-state index contributed by atoms with van der Waals surface area (Å²) in [5, 5.41) is 10.0. The van der Waals surface area contributed by atoms with Crippen molar-refractivity contribution in [2.45, 2.75) is 70.6 Å². The number of rotatable bonds is 3. The van der Waals surface area contributed by atoms with E-state index in [9.17, 15) is 13.5 Å². The number of nitrogens with one attached hydrogen (secondary N) is 1. The lowest BCUT2D eigenvalue weighted by Crippen LogP contribution is -2.52. The third-order valence-electron chi connectivity index (χ3n) is 4.02. The van der Waals surface area contributed by atoms with Gasteiger partial charge in [0.25, 0.3) is 10.2 Å². The first-order valence-corrected chi connectivity index (χ1v) is 8.63. The summed E-state index contributed by atoms with van der Waals surface area (Å²) in [6, 6.07) is -0.0302. The summed E-state index contributed by atoms with van der Waals surface area (Å²) in [5.41, 5.74) is -0.472. The molecule has 1 saturated heterocycles. The first kappa shape index (κ1) is 15.2. The molecule has 2 N–H and O–H groups in total. The van der Waals surface area contributed by atoms with Gasteiger partial charge in [-0.1, -0.05) is 6.42 Å². The van der Waals surface area contributed by atoms with E-state index in [0.717, 1.165) is 32.1 Å². The van der Waals surface area contributed by atoms with Crippen LogP contribution in [0.5, 0.6) is 0 Å². The first-order chi connectivity index (χ1) is 8.71. The van der Waals surface area contributed by atoms with E-state index >= 15 is 0 Å². The molecule has 2 fully saturated rings. The van der Waals surface area contributed by atoms with Gasteiger partial charge in [-0.05, 0) is 46.5 Å². The lowest BCUT2D eigenvalue weighted by atomic mass is 9.95. The van der Waals surface area contributed by atoms with Crippen LogP contribution in [0.3, 0.4) is 0 Å². The minimum Gasteiger partial charge on any atom is -0.393 e. The Bertz CT molecular complexity index is 416. The molecular formula is C13H26N2O3S. The highest BCUT2D eigenvalue weighted by Gasteiger charge is 2.43. The molecule has 0 amide bonds. The Balaban J connectivity index is 2.14. The molecule has 19 heavy (non-hydrogen) atoms. The number of hydrogen-bond donors (Lipinski definition) is 2. The maximum Gasteiger partial charge on any atom is 0.280 e. The second-order valence-electron chi connectivity index (χ2n) is 6.84. The number of aliphatic hydroxyl groups excluding tert-OH is 1. The third kappa shape index (κ3) is 3.48. The Morgan fingerprint density at radius 2 is 1.84 bits per heavy atom. The van der Waals surface area contributed by atoms with Gasteiger partial charge in [0.05, 0.1) is 6.10 Å². The fraction of sp³-hybridized carbons (Fsp3) is 1.00. The van der Waals surface area contributed by atoms with Crippen LogP contribution in [0.25, 0.3) is 0 Å². The summed E-state index contributed by atoms with van der Waals surface area (Å²) < 4.78 is 29.2. The number of hydrogen-bond acceptors (Lipinski definition) is 3. The first-order valence-electron chi connectivity index (χ1n) is 7.19. The highest BCUT2D eigenvalue weighted by Crippen LogP contribution is 2.36. The Hall–Kier alpha value is -0.170. The average molecular weight is 290 g/mol. The van der Waals surface area contributed by atoms with Crippen molar-refractivity contribution < 1.29 is 13.5 Å². The van der Waals surface area contributed by atoms with E-state index in [1.165, 1.54) is 0 Å². The van der Waals surface area contributed by atoms with Crippen molar-refractivity contribution in [1.82, 2.24) is 9.03 Å². The number of aliphatic hydroxyl groups is 1. The maximum atomic E-state index is 12.5. The fourth-order valence-corrected chi connectivity index (χ4v) is 5.23. The summed E-state index contributed by atoms with van der Waals surface area (Å²) in [6.45, 7) is 6.11. The Morgan fingerprint density at radius 1 is 1.16 bits per heavy atom. The molecule has 0 radical (unpaired) electrons. The Kier molecular flexibility index (Phi) is 4.26. The molecule has 0 spiro atoms. The molecule has 3 unspecified atom stereocenters. The molecule has 0 aromatic rings. The molecular weight excluding hydrogens is 264 g/mol. The minimum absolute atomic E-state index is 0.0302. The van der Waals surface area contributed by atoms with E-state index in [-0.39, 0.29) is 18.1 Å². The predicted octanol–water partition coefficient (Wildman–Crippen LogP) is 1.24. The minimum atomic E-state index is -3.46. The Morgan fingerprint density at radius 3 is 2.37 bits per heavy atom. The monoisotopic (exact) mass is 290 g/mol.